The molecule has 0 aliphatic carbocycles. The molecule has 0 fully saturated rings. The molecule has 0 saturated heterocycles. The van der Waals surface area contributed by atoms with Gasteiger partial charge >= 0.3 is 0 Å². The van der Waals surface area contributed by atoms with Crippen LogP contribution in [0, 0.1) is 0 Å². The molecule has 4 heteroatoms. The Kier molecular flexibility index (Phi) is 3.64. The number of aliphatic hydroxyl groups excluding tert-OH is 1. The number of rotatable bonds is 4. The molecule has 1 aromatic carbocycles. The van der Waals surface area contributed by atoms with Crippen LogP contribution >= 0.6 is 22.7 Å². The van der Waals surface area contributed by atoms with Gasteiger partial charge < -0.3 is 5.11 Å². The molecule has 2 heterocycles. The number of hydrogen-bond acceptors (Lipinski definition) is 4. The first kappa shape index (κ1) is 12.8. The first-order valence-electron chi connectivity index (χ1n) is 6.36. The predicted molar refractivity (Wildman–Crippen MR) is 82.0 cm³/mol. The van der Waals surface area contributed by atoms with Gasteiger partial charge in [-0.25, -0.2) is 4.98 Å². The van der Waals surface area contributed by atoms with Crippen LogP contribution in [0.15, 0.2) is 35.7 Å². The number of benzene rings is 1. The van der Waals surface area contributed by atoms with Crippen molar-refractivity contribution in [2.24, 2.45) is 0 Å². The number of para-hydroxylation sites is 1. The van der Waals surface area contributed by atoms with Crippen molar-refractivity contribution in [3.8, 4) is 0 Å². The van der Waals surface area contributed by atoms with Crippen LogP contribution in [0.2, 0.25) is 0 Å². The molecular weight excluding hydrogens is 274 g/mol. The third-order valence-electron chi connectivity index (χ3n) is 3.17. The van der Waals surface area contributed by atoms with E-state index in [4.69, 9.17) is 0 Å². The molecule has 0 saturated carbocycles. The van der Waals surface area contributed by atoms with Gasteiger partial charge in [-0.3, -0.25) is 0 Å². The van der Waals surface area contributed by atoms with Crippen LogP contribution in [0.25, 0.3) is 10.2 Å². The summed E-state index contributed by atoms with van der Waals surface area (Å²) < 4.78 is 1.19. The Morgan fingerprint density at radius 1 is 1.26 bits per heavy atom. The minimum Gasteiger partial charge on any atom is -0.387 e. The highest BCUT2D eigenvalue weighted by Crippen LogP contribution is 2.30. The van der Waals surface area contributed by atoms with Crippen molar-refractivity contribution in [3.05, 3.63) is 51.2 Å². The third-order valence-corrected chi connectivity index (χ3v) is 5.29. The van der Waals surface area contributed by atoms with Crippen LogP contribution in [-0.2, 0) is 12.8 Å². The Morgan fingerprint density at radius 3 is 2.89 bits per heavy atom. The normalized spacial score (nSPS) is 12.9. The molecule has 0 radical (unpaired) electrons. The summed E-state index contributed by atoms with van der Waals surface area (Å²) in [5, 5.41) is 13.4. The molecule has 1 atom stereocenters. The van der Waals surface area contributed by atoms with E-state index in [-0.39, 0.29) is 0 Å². The summed E-state index contributed by atoms with van der Waals surface area (Å²) in [6.45, 7) is 2.12. The molecule has 3 rings (SSSR count). The molecule has 0 amide bonds. The van der Waals surface area contributed by atoms with Gasteiger partial charge in [0.05, 0.1) is 21.3 Å². The van der Waals surface area contributed by atoms with Gasteiger partial charge in [-0.05, 0) is 35.6 Å². The van der Waals surface area contributed by atoms with Crippen molar-refractivity contribution in [3.63, 3.8) is 0 Å². The van der Waals surface area contributed by atoms with Crippen molar-refractivity contribution in [2.45, 2.75) is 25.9 Å². The monoisotopic (exact) mass is 289 g/mol. The summed E-state index contributed by atoms with van der Waals surface area (Å²) in [4.78, 5) is 5.67. The van der Waals surface area contributed by atoms with Crippen molar-refractivity contribution in [1.29, 1.82) is 0 Å². The molecule has 1 unspecified atom stereocenters. The molecule has 0 bridgehead atoms. The van der Waals surface area contributed by atoms with Gasteiger partial charge in [0.15, 0.2) is 0 Å². The first-order chi connectivity index (χ1) is 9.28. The molecule has 0 spiro atoms. The van der Waals surface area contributed by atoms with E-state index in [9.17, 15) is 5.11 Å². The molecule has 3 aromatic rings. The zero-order chi connectivity index (χ0) is 13.2. The number of hydrogen-bond donors (Lipinski definition) is 1. The number of aromatic nitrogens is 1. The van der Waals surface area contributed by atoms with E-state index < -0.39 is 6.10 Å². The second-order valence-electron chi connectivity index (χ2n) is 4.46. The maximum Gasteiger partial charge on any atom is 0.0968 e. The number of thiophene rings is 1. The smallest absolute Gasteiger partial charge is 0.0968 e. The second kappa shape index (κ2) is 5.41. The minimum absolute atomic E-state index is 0.435. The number of aliphatic hydroxyl groups is 1. The van der Waals surface area contributed by atoms with Crippen LogP contribution in [0.4, 0.5) is 0 Å². The highest BCUT2D eigenvalue weighted by atomic mass is 32.1. The quantitative estimate of drug-likeness (QED) is 0.781. The lowest BCUT2D eigenvalue weighted by Gasteiger charge is -2.08. The standard InChI is InChI=1S/C15H15NOS2/c1-2-10-7-8-18-15(10)12(17)9-14-16-11-5-3-4-6-13(11)19-14/h3-8,12,17H,2,9H2,1H3. The fourth-order valence-corrected chi connectivity index (χ4v) is 4.18. The van der Waals surface area contributed by atoms with E-state index in [2.05, 4.69) is 29.4 Å². The van der Waals surface area contributed by atoms with E-state index in [0.717, 1.165) is 21.8 Å². The summed E-state index contributed by atoms with van der Waals surface area (Å²) >= 11 is 3.31. The lowest BCUT2D eigenvalue weighted by molar-refractivity contribution is 0.181. The molecule has 0 aliphatic heterocycles. The molecule has 2 aromatic heterocycles. The topological polar surface area (TPSA) is 33.1 Å². The van der Waals surface area contributed by atoms with Gasteiger partial charge in [0, 0.05) is 11.3 Å². The Morgan fingerprint density at radius 2 is 2.11 bits per heavy atom. The van der Waals surface area contributed by atoms with Crippen molar-refractivity contribution in [2.75, 3.05) is 0 Å². The average Bonchev–Trinajstić information content (AvgIpc) is 3.03. The van der Waals surface area contributed by atoms with Gasteiger partial charge in [0.25, 0.3) is 0 Å². The van der Waals surface area contributed by atoms with E-state index in [1.54, 1.807) is 22.7 Å². The Balaban J connectivity index is 1.84. The highest BCUT2D eigenvalue weighted by molar-refractivity contribution is 7.18. The van der Waals surface area contributed by atoms with E-state index in [1.807, 2.05) is 18.2 Å². The fraction of sp³-hybridized carbons (Fsp3) is 0.267. The summed E-state index contributed by atoms with van der Waals surface area (Å²) in [6, 6.07) is 10.2. The molecule has 19 heavy (non-hydrogen) atoms. The largest absolute Gasteiger partial charge is 0.387 e. The van der Waals surface area contributed by atoms with Crippen LogP contribution in [0.5, 0.6) is 0 Å². The average molecular weight is 289 g/mol. The zero-order valence-corrected chi connectivity index (χ0v) is 12.3. The maximum atomic E-state index is 10.4. The van der Waals surface area contributed by atoms with Gasteiger partial charge in [-0.1, -0.05) is 19.1 Å². The maximum absolute atomic E-state index is 10.4. The second-order valence-corrected chi connectivity index (χ2v) is 6.52. The van der Waals surface area contributed by atoms with E-state index >= 15 is 0 Å². The Hall–Kier alpha value is -1.23. The van der Waals surface area contributed by atoms with Crippen molar-refractivity contribution < 1.29 is 5.11 Å². The van der Waals surface area contributed by atoms with E-state index in [0.29, 0.717) is 6.42 Å². The number of nitrogens with zero attached hydrogens (tertiary/aromatic N) is 1. The predicted octanol–water partition coefficient (Wildman–Crippen LogP) is 4.20. The molecule has 0 aliphatic rings. The van der Waals surface area contributed by atoms with Crippen LogP contribution in [0.1, 0.15) is 28.5 Å². The Labute approximate surface area is 120 Å². The highest BCUT2D eigenvalue weighted by Gasteiger charge is 2.16. The summed E-state index contributed by atoms with van der Waals surface area (Å²) in [5.41, 5.74) is 2.27. The SMILES string of the molecule is CCc1ccsc1C(O)Cc1nc2ccccc2s1. The van der Waals surface area contributed by atoms with Gasteiger partial charge in [-0.15, -0.1) is 22.7 Å². The first-order valence-corrected chi connectivity index (χ1v) is 8.06. The number of fused-ring (bicyclic) bond motifs is 1. The molecule has 2 nitrogen and oxygen atoms in total. The number of aryl methyl sites for hydroxylation is 1. The fourth-order valence-electron chi connectivity index (χ4n) is 2.20. The minimum atomic E-state index is -0.435. The van der Waals surface area contributed by atoms with E-state index in [1.165, 1.54) is 10.3 Å². The van der Waals surface area contributed by atoms with Crippen molar-refractivity contribution in [1.82, 2.24) is 4.98 Å². The lowest BCUT2D eigenvalue weighted by Crippen LogP contribution is -2.01. The van der Waals surface area contributed by atoms with Crippen LogP contribution in [-0.4, -0.2) is 10.1 Å². The summed E-state index contributed by atoms with van der Waals surface area (Å²) in [5.74, 6) is 0. The van der Waals surface area contributed by atoms with Crippen LogP contribution < -0.4 is 0 Å². The number of thiazole rings is 1. The van der Waals surface area contributed by atoms with Crippen molar-refractivity contribution >= 4 is 32.9 Å². The lowest BCUT2D eigenvalue weighted by atomic mass is 10.1. The Bertz CT molecular complexity index is 653. The van der Waals surface area contributed by atoms with Crippen LogP contribution in [0.3, 0.4) is 0 Å². The third kappa shape index (κ3) is 2.56. The summed E-state index contributed by atoms with van der Waals surface area (Å²) in [7, 11) is 0. The van der Waals surface area contributed by atoms with Gasteiger partial charge in [0.1, 0.15) is 0 Å². The molecular formula is C15H15NOS2. The van der Waals surface area contributed by atoms with Gasteiger partial charge in [-0.2, -0.15) is 0 Å². The van der Waals surface area contributed by atoms with Gasteiger partial charge in [0.2, 0.25) is 0 Å². The molecule has 98 valence electrons. The molecule has 1 N–H and O–H groups in total. The zero-order valence-electron chi connectivity index (χ0n) is 10.7. The summed E-state index contributed by atoms with van der Waals surface area (Å²) in [6.07, 6.45) is 1.14.